The summed E-state index contributed by atoms with van der Waals surface area (Å²) in [6, 6.07) is 3.27. The molecule has 104 valence electrons. The van der Waals surface area contributed by atoms with Gasteiger partial charge >= 0.3 is 5.97 Å². The molecule has 1 fully saturated rings. The highest BCUT2D eigenvalue weighted by Crippen LogP contribution is 2.23. The van der Waals surface area contributed by atoms with Gasteiger partial charge in [-0.2, -0.15) is 0 Å². The summed E-state index contributed by atoms with van der Waals surface area (Å²) in [4.78, 5) is 16.0. The lowest BCUT2D eigenvalue weighted by Crippen LogP contribution is -2.14. The summed E-state index contributed by atoms with van der Waals surface area (Å²) in [6.07, 6.45) is 7.46. The topological polar surface area (TPSA) is 39.2 Å². The number of pyridine rings is 1. The number of hydrogen-bond acceptors (Lipinski definition) is 3. The van der Waals surface area contributed by atoms with Gasteiger partial charge in [-0.1, -0.05) is 37.3 Å². The third-order valence-electron chi connectivity index (χ3n) is 3.58. The van der Waals surface area contributed by atoms with Gasteiger partial charge in [0.25, 0.3) is 0 Å². The molecule has 0 aliphatic heterocycles. The van der Waals surface area contributed by atoms with E-state index in [2.05, 4.69) is 4.98 Å². The Balaban J connectivity index is 1.89. The molecule has 1 aromatic rings. The minimum Gasteiger partial charge on any atom is -0.462 e. The van der Waals surface area contributed by atoms with Crippen LogP contribution in [0.15, 0.2) is 12.1 Å². The molecule has 0 atom stereocenters. The second-order valence-corrected chi connectivity index (χ2v) is 5.66. The number of aryl methyl sites for hydroxylation is 1. The zero-order chi connectivity index (χ0) is 13.7. The lowest BCUT2D eigenvalue weighted by atomic mass is 10.0. The summed E-state index contributed by atoms with van der Waals surface area (Å²) in [5.74, 6) is 0.224. The first-order valence-corrected chi connectivity index (χ1v) is 7.34. The van der Waals surface area contributed by atoms with Crippen LogP contribution >= 0.6 is 11.6 Å². The van der Waals surface area contributed by atoms with Gasteiger partial charge in [-0.3, -0.25) is 0 Å². The van der Waals surface area contributed by atoms with Crippen LogP contribution < -0.4 is 0 Å². The Kier molecular flexibility index (Phi) is 5.20. The number of carbonyl (C=O) groups excluding carboxylic acids is 1. The maximum atomic E-state index is 12.0. The lowest BCUT2D eigenvalue weighted by Gasteiger charge is -2.14. The molecular formula is C15H20ClNO2. The summed E-state index contributed by atoms with van der Waals surface area (Å²) in [5, 5.41) is 0.335. The number of hydrogen-bond donors (Lipinski definition) is 0. The van der Waals surface area contributed by atoms with E-state index in [9.17, 15) is 4.79 Å². The van der Waals surface area contributed by atoms with Gasteiger partial charge in [-0.05, 0) is 37.8 Å². The molecule has 2 rings (SSSR count). The fraction of sp³-hybridized carbons (Fsp3) is 0.600. The second-order valence-electron chi connectivity index (χ2n) is 5.28. The minimum atomic E-state index is -0.295. The molecule has 1 aliphatic rings. The van der Waals surface area contributed by atoms with E-state index in [1.807, 2.05) is 6.92 Å². The van der Waals surface area contributed by atoms with Gasteiger partial charge in [0.1, 0.15) is 5.15 Å². The van der Waals surface area contributed by atoms with E-state index >= 15 is 0 Å². The van der Waals surface area contributed by atoms with E-state index in [0.717, 1.165) is 5.69 Å². The van der Waals surface area contributed by atoms with Gasteiger partial charge in [0, 0.05) is 5.69 Å². The zero-order valence-electron chi connectivity index (χ0n) is 11.3. The molecule has 0 N–H and O–H groups in total. The van der Waals surface area contributed by atoms with E-state index in [1.165, 1.54) is 38.5 Å². The summed E-state index contributed by atoms with van der Waals surface area (Å²) < 4.78 is 5.41. The number of esters is 1. The van der Waals surface area contributed by atoms with Crippen LogP contribution in [0.3, 0.4) is 0 Å². The fourth-order valence-corrected chi connectivity index (χ4v) is 2.80. The highest BCUT2D eigenvalue weighted by molar-refractivity contribution is 6.29. The summed E-state index contributed by atoms with van der Waals surface area (Å²) in [6.45, 7) is 2.34. The van der Waals surface area contributed by atoms with E-state index < -0.39 is 0 Å². The Morgan fingerprint density at radius 1 is 1.32 bits per heavy atom. The Labute approximate surface area is 119 Å². The molecule has 0 bridgehead atoms. The molecule has 1 heterocycles. The Morgan fingerprint density at radius 3 is 2.63 bits per heavy atom. The predicted octanol–water partition coefficient (Wildman–Crippen LogP) is 4.17. The van der Waals surface area contributed by atoms with Crippen LogP contribution in [0.25, 0.3) is 0 Å². The monoisotopic (exact) mass is 281 g/mol. The molecule has 0 spiro atoms. The van der Waals surface area contributed by atoms with Gasteiger partial charge in [-0.25, -0.2) is 9.78 Å². The summed E-state index contributed by atoms with van der Waals surface area (Å²) in [7, 11) is 0. The number of nitrogens with zero attached hydrogens (tertiary/aromatic N) is 1. The maximum Gasteiger partial charge on any atom is 0.338 e. The van der Waals surface area contributed by atoms with E-state index in [4.69, 9.17) is 16.3 Å². The highest BCUT2D eigenvalue weighted by atomic mass is 35.5. The molecule has 0 saturated heterocycles. The lowest BCUT2D eigenvalue weighted by molar-refractivity contribution is 0.0427. The molecule has 0 aromatic carbocycles. The number of ether oxygens (including phenoxy) is 1. The number of aromatic nitrogens is 1. The van der Waals surface area contributed by atoms with Crippen LogP contribution in [-0.4, -0.2) is 17.6 Å². The standard InChI is InChI=1S/C15H20ClNO2/c1-11-8-13(9-14(16)17-11)15(18)19-10-12-6-4-2-3-5-7-12/h8-9,12H,2-7,10H2,1H3. The molecule has 0 radical (unpaired) electrons. The molecular weight excluding hydrogens is 262 g/mol. The van der Waals surface area contributed by atoms with Crippen molar-refractivity contribution in [1.82, 2.24) is 4.98 Å². The van der Waals surface area contributed by atoms with Gasteiger partial charge in [0.2, 0.25) is 0 Å². The third-order valence-corrected chi connectivity index (χ3v) is 3.78. The van der Waals surface area contributed by atoms with Gasteiger partial charge in [-0.15, -0.1) is 0 Å². The zero-order valence-corrected chi connectivity index (χ0v) is 12.1. The van der Waals surface area contributed by atoms with Crippen molar-refractivity contribution in [3.05, 3.63) is 28.5 Å². The van der Waals surface area contributed by atoms with Gasteiger partial charge < -0.3 is 4.74 Å². The first-order chi connectivity index (χ1) is 9.15. The molecule has 1 aromatic heterocycles. The number of carbonyl (C=O) groups is 1. The van der Waals surface area contributed by atoms with Crippen LogP contribution in [-0.2, 0) is 4.74 Å². The van der Waals surface area contributed by atoms with E-state index in [-0.39, 0.29) is 5.97 Å². The van der Waals surface area contributed by atoms with Crippen molar-refractivity contribution in [3.63, 3.8) is 0 Å². The number of halogens is 1. The van der Waals surface area contributed by atoms with Crippen LogP contribution in [0.4, 0.5) is 0 Å². The first-order valence-electron chi connectivity index (χ1n) is 6.96. The molecule has 0 amide bonds. The van der Waals surface area contributed by atoms with Crippen molar-refractivity contribution >= 4 is 17.6 Å². The first kappa shape index (κ1) is 14.3. The van der Waals surface area contributed by atoms with E-state index in [1.54, 1.807) is 12.1 Å². The minimum absolute atomic E-state index is 0.295. The SMILES string of the molecule is Cc1cc(C(=O)OCC2CCCCCC2)cc(Cl)n1. The van der Waals surface area contributed by atoms with Crippen molar-refractivity contribution < 1.29 is 9.53 Å². The smallest absolute Gasteiger partial charge is 0.338 e. The average molecular weight is 282 g/mol. The molecule has 3 nitrogen and oxygen atoms in total. The summed E-state index contributed by atoms with van der Waals surface area (Å²) >= 11 is 5.85. The predicted molar refractivity (Wildman–Crippen MR) is 75.5 cm³/mol. The van der Waals surface area contributed by atoms with E-state index in [0.29, 0.717) is 23.2 Å². The maximum absolute atomic E-state index is 12.0. The van der Waals surface area contributed by atoms with Gasteiger partial charge in [0.15, 0.2) is 0 Å². The number of rotatable bonds is 3. The third kappa shape index (κ3) is 4.50. The van der Waals surface area contributed by atoms with Crippen molar-refractivity contribution in [3.8, 4) is 0 Å². The van der Waals surface area contributed by atoms with Crippen LogP contribution in [0.5, 0.6) is 0 Å². The van der Waals surface area contributed by atoms with Crippen LogP contribution in [0.1, 0.15) is 54.6 Å². The molecule has 1 aliphatic carbocycles. The molecule has 1 saturated carbocycles. The Bertz CT molecular complexity index is 420. The van der Waals surface area contributed by atoms with Gasteiger partial charge in [0.05, 0.1) is 12.2 Å². The normalized spacial score (nSPS) is 16.9. The Morgan fingerprint density at radius 2 is 2.00 bits per heavy atom. The average Bonchev–Trinajstić information content (AvgIpc) is 2.63. The van der Waals surface area contributed by atoms with Crippen LogP contribution in [0, 0.1) is 12.8 Å². The largest absolute Gasteiger partial charge is 0.462 e. The Hall–Kier alpha value is -1.09. The molecule has 19 heavy (non-hydrogen) atoms. The quantitative estimate of drug-likeness (QED) is 0.474. The molecule has 0 unspecified atom stereocenters. The summed E-state index contributed by atoms with van der Waals surface area (Å²) in [5.41, 5.74) is 1.22. The highest BCUT2D eigenvalue weighted by Gasteiger charge is 2.16. The molecule has 4 heteroatoms. The fourth-order valence-electron chi connectivity index (χ4n) is 2.55. The second kappa shape index (κ2) is 6.90. The van der Waals surface area contributed by atoms with Crippen molar-refractivity contribution in [2.75, 3.05) is 6.61 Å². The van der Waals surface area contributed by atoms with Crippen LogP contribution in [0.2, 0.25) is 5.15 Å². The van der Waals surface area contributed by atoms with Crippen molar-refractivity contribution in [2.45, 2.75) is 45.4 Å². The van der Waals surface area contributed by atoms with Crippen molar-refractivity contribution in [2.24, 2.45) is 5.92 Å². The van der Waals surface area contributed by atoms with Crippen molar-refractivity contribution in [1.29, 1.82) is 0 Å².